The molecule has 0 fully saturated rings. The van der Waals surface area contributed by atoms with Gasteiger partial charge in [0.1, 0.15) is 23.0 Å². The van der Waals surface area contributed by atoms with Crippen LogP contribution in [0.2, 0.25) is 5.02 Å². The zero-order valence-electron chi connectivity index (χ0n) is 17.0. The first-order valence-electron chi connectivity index (χ1n) is 9.25. The quantitative estimate of drug-likeness (QED) is 0.424. The summed E-state index contributed by atoms with van der Waals surface area (Å²) in [6, 6.07) is 5.08. The fraction of sp³-hybridized carbons (Fsp3) is 0.211. The van der Waals surface area contributed by atoms with E-state index in [0.29, 0.717) is 11.1 Å². The predicted molar refractivity (Wildman–Crippen MR) is 111 cm³/mol. The second kappa shape index (κ2) is 7.82. The van der Waals surface area contributed by atoms with E-state index in [1.165, 1.54) is 47.7 Å². The first-order chi connectivity index (χ1) is 15.5. The summed E-state index contributed by atoms with van der Waals surface area (Å²) in [5, 5.41) is 13.7. The van der Waals surface area contributed by atoms with E-state index < -0.39 is 27.4 Å². The van der Waals surface area contributed by atoms with E-state index in [1.807, 2.05) is 0 Å². The Morgan fingerprint density at radius 3 is 2.52 bits per heavy atom. The third-order valence-electron chi connectivity index (χ3n) is 4.80. The Kier molecular flexibility index (Phi) is 5.38. The molecule has 170 valence electrons. The first kappa shape index (κ1) is 22.7. The molecule has 9 nitrogen and oxygen atoms in total. The zero-order chi connectivity index (χ0) is 24.1. The summed E-state index contributed by atoms with van der Waals surface area (Å²) in [7, 11) is -2.37. The highest BCUT2D eigenvalue weighted by Gasteiger charge is 2.35. The molecule has 0 bridgehead atoms. The van der Waals surface area contributed by atoms with E-state index in [0.717, 1.165) is 0 Å². The fourth-order valence-corrected chi connectivity index (χ4v) is 4.38. The van der Waals surface area contributed by atoms with E-state index in [1.54, 1.807) is 6.07 Å². The Labute approximate surface area is 190 Å². The molecule has 33 heavy (non-hydrogen) atoms. The number of nitrogens with zero attached hydrogens (tertiary/aromatic N) is 7. The van der Waals surface area contributed by atoms with Crippen molar-refractivity contribution in [2.24, 2.45) is 7.05 Å². The zero-order valence-corrected chi connectivity index (χ0v) is 18.5. The molecule has 4 aromatic heterocycles. The normalized spacial score (nSPS) is 12.3. The SMILES string of the molecule is CCS(=O)(=O)c1ccc(-n2cc(Cl)cn2)nc1-c1nc2cc(C(F)(F)F)nc(C#N)c2n1C. The molecular weight excluding hydrogens is 483 g/mol. The Bertz CT molecular complexity index is 1550. The molecule has 4 rings (SSSR count). The number of imidazole rings is 1. The number of halogens is 4. The van der Waals surface area contributed by atoms with Crippen LogP contribution >= 0.6 is 11.6 Å². The van der Waals surface area contributed by atoms with Gasteiger partial charge in [-0.2, -0.15) is 23.5 Å². The maximum absolute atomic E-state index is 13.3. The van der Waals surface area contributed by atoms with Crippen molar-refractivity contribution in [1.29, 1.82) is 5.26 Å². The van der Waals surface area contributed by atoms with E-state index in [2.05, 4.69) is 20.1 Å². The number of hydrogen-bond acceptors (Lipinski definition) is 7. The van der Waals surface area contributed by atoms with Crippen molar-refractivity contribution < 1.29 is 21.6 Å². The molecule has 0 N–H and O–H groups in total. The summed E-state index contributed by atoms with van der Waals surface area (Å²) in [5.41, 5.74) is -2.08. The van der Waals surface area contributed by atoms with Crippen LogP contribution in [0.5, 0.6) is 0 Å². The van der Waals surface area contributed by atoms with Crippen LogP contribution in [-0.4, -0.2) is 43.5 Å². The first-order valence-corrected chi connectivity index (χ1v) is 11.3. The average molecular weight is 496 g/mol. The third kappa shape index (κ3) is 3.91. The van der Waals surface area contributed by atoms with Gasteiger partial charge in [0.2, 0.25) is 0 Å². The fourth-order valence-electron chi connectivity index (χ4n) is 3.23. The van der Waals surface area contributed by atoms with Gasteiger partial charge in [-0.3, -0.25) is 0 Å². The van der Waals surface area contributed by atoms with Gasteiger partial charge in [-0.1, -0.05) is 18.5 Å². The summed E-state index contributed by atoms with van der Waals surface area (Å²) >= 11 is 5.90. The minimum atomic E-state index is -4.80. The summed E-state index contributed by atoms with van der Waals surface area (Å²) in [5.74, 6) is -0.106. The van der Waals surface area contributed by atoms with Crippen LogP contribution in [0, 0.1) is 11.3 Å². The number of rotatable bonds is 4. The van der Waals surface area contributed by atoms with Crippen LogP contribution in [-0.2, 0) is 23.1 Å². The highest BCUT2D eigenvalue weighted by molar-refractivity contribution is 7.91. The Hall–Kier alpha value is -3.50. The molecule has 0 radical (unpaired) electrons. The Balaban J connectivity index is 2.05. The minimum absolute atomic E-state index is 0.00897. The topological polar surface area (TPSA) is 119 Å². The minimum Gasteiger partial charge on any atom is -0.323 e. The average Bonchev–Trinajstić information content (AvgIpc) is 3.35. The van der Waals surface area contributed by atoms with Crippen molar-refractivity contribution in [3.05, 3.63) is 47.0 Å². The second-order valence-electron chi connectivity index (χ2n) is 6.85. The second-order valence-corrected chi connectivity index (χ2v) is 9.53. The lowest BCUT2D eigenvalue weighted by Gasteiger charge is -2.11. The van der Waals surface area contributed by atoms with Gasteiger partial charge in [0.25, 0.3) is 0 Å². The highest BCUT2D eigenvalue weighted by Crippen LogP contribution is 2.34. The Morgan fingerprint density at radius 2 is 1.94 bits per heavy atom. The van der Waals surface area contributed by atoms with E-state index in [-0.39, 0.29) is 39.0 Å². The molecule has 0 atom stereocenters. The molecule has 0 spiro atoms. The van der Waals surface area contributed by atoms with Crippen molar-refractivity contribution in [1.82, 2.24) is 29.3 Å². The van der Waals surface area contributed by atoms with Gasteiger partial charge < -0.3 is 4.57 Å². The molecule has 4 aromatic rings. The van der Waals surface area contributed by atoms with Crippen molar-refractivity contribution in [2.75, 3.05) is 5.75 Å². The molecule has 0 amide bonds. The van der Waals surface area contributed by atoms with Gasteiger partial charge in [0.05, 0.1) is 33.6 Å². The summed E-state index contributed by atoms with van der Waals surface area (Å²) < 4.78 is 67.9. The number of nitriles is 1. The number of alkyl halides is 3. The lowest BCUT2D eigenvalue weighted by atomic mass is 10.2. The number of pyridine rings is 2. The smallest absolute Gasteiger partial charge is 0.323 e. The van der Waals surface area contributed by atoms with Crippen LogP contribution < -0.4 is 0 Å². The van der Waals surface area contributed by atoms with Crippen molar-refractivity contribution >= 4 is 32.5 Å². The van der Waals surface area contributed by atoms with Crippen LogP contribution in [0.15, 0.2) is 35.5 Å². The monoisotopic (exact) mass is 495 g/mol. The standard InChI is InChI=1S/C19H13ClF3N7O2S/c1-3-33(31,32)13-4-5-15(30-9-10(20)8-25-30)28-16(13)18-27-11-6-14(19(21,22)23)26-12(7-24)17(11)29(18)2/h4-6,8-9H,3H2,1-2H3. The summed E-state index contributed by atoms with van der Waals surface area (Å²) in [4.78, 5) is 11.8. The predicted octanol–water partition coefficient (Wildman–Crippen LogP) is 3.55. The van der Waals surface area contributed by atoms with Gasteiger partial charge in [-0.05, 0) is 18.2 Å². The maximum atomic E-state index is 13.3. The maximum Gasteiger partial charge on any atom is 0.433 e. The molecule has 0 saturated heterocycles. The van der Waals surface area contributed by atoms with Gasteiger partial charge in [0, 0.05) is 7.05 Å². The largest absolute Gasteiger partial charge is 0.433 e. The lowest BCUT2D eigenvalue weighted by molar-refractivity contribution is -0.141. The number of hydrogen-bond donors (Lipinski definition) is 0. The van der Waals surface area contributed by atoms with Crippen molar-refractivity contribution in [3.63, 3.8) is 0 Å². The van der Waals surface area contributed by atoms with E-state index in [4.69, 9.17) is 11.6 Å². The van der Waals surface area contributed by atoms with Crippen molar-refractivity contribution in [2.45, 2.75) is 18.0 Å². The van der Waals surface area contributed by atoms with E-state index >= 15 is 0 Å². The van der Waals surface area contributed by atoms with Crippen LogP contribution in [0.25, 0.3) is 28.4 Å². The van der Waals surface area contributed by atoms with Gasteiger partial charge >= 0.3 is 6.18 Å². The number of sulfone groups is 1. The van der Waals surface area contributed by atoms with Gasteiger partial charge in [0.15, 0.2) is 27.2 Å². The molecule has 0 aliphatic carbocycles. The molecule has 0 aliphatic rings. The highest BCUT2D eigenvalue weighted by atomic mass is 35.5. The molecule has 0 unspecified atom stereocenters. The molecular formula is C19H13ClF3N7O2S. The van der Waals surface area contributed by atoms with E-state index in [9.17, 15) is 26.9 Å². The van der Waals surface area contributed by atoms with Gasteiger partial charge in [-0.25, -0.2) is 28.1 Å². The van der Waals surface area contributed by atoms with Crippen LogP contribution in [0.1, 0.15) is 18.3 Å². The summed E-state index contributed by atoms with van der Waals surface area (Å²) in [6.07, 6.45) is -1.99. The third-order valence-corrected chi connectivity index (χ3v) is 6.76. The van der Waals surface area contributed by atoms with Crippen LogP contribution in [0.4, 0.5) is 13.2 Å². The molecule has 0 aliphatic heterocycles. The molecule has 4 heterocycles. The lowest BCUT2D eigenvalue weighted by Crippen LogP contribution is -2.11. The van der Waals surface area contributed by atoms with Crippen LogP contribution in [0.3, 0.4) is 0 Å². The molecule has 14 heteroatoms. The Morgan fingerprint density at radius 1 is 1.21 bits per heavy atom. The number of aromatic nitrogens is 6. The summed E-state index contributed by atoms with van der Waals surface area (Å²) in [6.45, 7) is 1.45. The molecule has 0 aromatic carbocycles. The number of aryl methyl sites for hydroxylation is 1. The van der Waals surface area contributed by atoms with Gasteiger partial charge in [-0.15, -0.1) is 0 Å². The van der Waals surface area contributed by atoms with Crippen molar-refractivity contribution in [3.8, 4) is 23.4 Å². The number of fused-ring (bicyclic) bond motifs is 1. The molecule has 0 saturated carbocycles.